The third kappa shape index (κ3) is 6.70. The van der Waals surface area contributed by atoms with Crippen LogP contribution < -0.4 is 10.1 Å². The van der Waals surface area contributed by atoms with Crippen molar-refractivity contribution >= 4 is 16.9 Å². The number of aliphatic hydroxyl groups is 1. The molecule has 1 heterocycles. The number of nitrogens with zero attached hydrogens (tertiary/aromatic N) is 2. The summed E-state index contributed by atoms with van der Waals surface area (Å²) in [6.45, 7) is 4.43. The summed E-state index contributed by atoms with van der Waals surface area (Å²) < 4.78 is 5.83. The molecule has 0 fully saturated rings. The molecule has 188 valence electrons. The topological polar surface area (TPSA) is 115 Å². The number of hydrogen-bond donors (Lipinski definition) is 3. The minimum atomic E-state index is -0.991. The first kappa shape index (κ1) is 25.8. The van der Waals surface area contributed by atoms with Crippen LogP contribution in [-0.4, -0.2) is 46.0 Å². The molecule has 4 rings (SSSR count). The molecule has 3 aromatic carbocycles. The van der Waals surface area contributed by atoms with Crippen LogP contribution in [0.4, 0.5) is 0 Å². The first-order valence-corrected chi connectivity index (χ1v) is 12.0. The van der Waals surface area contributed by atoms with Gasteiger partial charge in [0.2, 0.25) is 0 Å². The summed E-state index contributed by atoms with van der Waals surface area (Å²) in [6, 6.07) is 25.8. The van der Waals surface area contributed by atoms with Gasteiger partial charge in [-0.2, -0.15) is 5.26 Å². The van der Waals surface area contributed by atoms with Gasteiger partial charge in [-0.3, -0.25) is 4.98 Å². The van der Waals surface area contributed by atoms with Gasteiger partial charge in [-0.15, -0.1) is 0 Å². The van der Waals surface area contributed by atoms with Crippen molar-refractivity contribution in [2.45, 2.75) is 31.9 Å². The van der Waals surface area contributed by atoms with Crippen molar-refractivity contribution < 1.29 is 19.7 Å². The van der Waals surface area contributed by atoms with Crippen molar-refractivity contribution in [3.63, 3.8) is 0 Å². The van der Waals surface area contributed by atoms with Crippen LogP contribution >= 0.6 is 0 Å². The molecule has 1 aromatic heterocycles. The Morgan fingerprint density at radius 3 is 2.51 bits per heavy atom. The Balaban J connectivity index is 1.35. The Morgan fingerprint density at radius 1 is 1.05 bits per heavy atom. The van der Waals surface area contributed by atoms with Gasteiger partial charge in [0, 0.05) is 29.6 Å². The number of hydrogen-bond acceptors (Lipinski definition) is 6. The van der Waals surface area contributed by atoms with Crippen molar-refractivity contribution in [3.05, 3.63) is 95.7 Å². The van der Waals surface area contributed by atoms with E-state index in [0.717, 1.165) is 27.7 Å². The number of carbonyl (C=O) groups is 1. The number of carboxylic acid groups (broad SMARTS) is 1. The predicted octanol–water partition coefficient (Wildman–Crippen LogP) is 4.82. The molecule has 0 aliphatic heterocycles. The second kappa shape index (κ2) is 11.2. The number of nitrogens with one attached hydrogen (secondary N) is 1. The average Bonchev–Trinajstić information content (AvgIpc) is 2.90. The van der Waals surface area contributed by atoms with E-state index in [2.05, 4.69) is 31.3 Å². The molecule has 0 amide bonds. The second-order valence-electron chi connectivity index (χ2n) is 9.61. The van der Waals surface area contributed by atoms with Crippen molar-refractivity contribution in [2.24, 2.45) is 0 Å². The zero-order chi connectivity index (χ0) is 26.4. The third-order valence-electron chi connectivity index (χ3n) is 6.09. The standard InChI is InChI=1S/C30H29N3O4/c1-30(2,16-25-14-13-21-5-3-4-6-27(21)33-25)32-18-26(34)19-37-28-15-23(11-12-24(28)17-31)20-7-9-22(10-8-20)29(35)36/h3-15,26,32,34H,16,18-19H2,1-2H3,(H,35,36)/t26-/m0/s1. The number of ether oxygens (including phenoxy) is 1. The van der Waals surface area contributed by atoms with Gasteiger partial charge in [0.15, 0.2) is 0 Å². The molecule has 0 aliphatic rings. The normalized spacial score (nSPS) is 12.2. The number of rotatable bonds is 10. The van der Waals surface area contributed by atoms with Gasteiger partial charge in [-0.1, -0.05) is 42.5 Å². The lowest BCUT2D eigenvalue weighted by Crippen LogP contribution is -2.46. The van der Waals surface area contributed by atoms with Gasteiger partial charge in [0.05, 0.1) is 16.6 Å². The molecular formula is C30H29N3O4. The van der Waals surface area contributed by atoms with Crippen LogP contribution in [0.25, 0.3) is 22.0 Å². The molecule has 0 radical (unpaired) electrons. The lowest BCUT2D eigenvalue weighted by atomic mass is 9.97. The molecule has 0 unspecified atom stereocenters. The van der Waals surface area contributed by atoms with Gasteiger partial charge >= 0.3 is 5.97 Å². The van der Waals surface area contributed by atoms with E-state index in [1.165, 1.54) is 12.1 Å². The molecular weight excluding hydrogens is 466 g/mol. The Kier molecular flexibility index (Phi) is 7.83. The minimum absolute atomic E-state index is 0.00733. The molecule has 0 spiro atoms. The molecule has 0 bridgehead atoms. The third-order valence-corrected chi connectivity index (χ3v) is 6.09. The van der Waals surface area contributed by atoms with Crippen molar-refractivity contribution in [3.8, 4) is 22.9 Å². The lowest BCUT2D eigenvalue weighted by molar-refractivity contribution is 0.0697. The number of fused-ring (bicyclic) bond motifs is 1. The number of aliphatic hydroxyl groups excluding tert-OH is 1. The number of aromatic nitrogens is 1. The van der Waals surface area contributed by atoms with E-state index < -0.39 is 12.1 Å². The monoisotopic (exact) mass is 495 g/mol. The fourth-order valence-electron chi connectivity index (χ4n) is 4.08. The smallest absolute Gasteiger partial charge is 0.335 e. The Bertz CT molecular complexity index is 1440. The summed E-state index contributed by atoms with van der Waals surface area (Å²) in [5.74, 6) is -0.629. The van der Waals surface area contributed by atoms with Crippen LogP contribution in [-0.2, 0) is 6.42 Å². The van der Waals surface area contributed by atoms with Crippen molar-refractivity contribution in [1.82, 2.24) is 10.3 Å². The van der Waals surface area contributed by atoms with E-state index in [0.29, 0.717) is 24.3 Å². The zero-order valence-electron chi connectivity index (χ0n) is 20.8. The van der Waals surface area contributed by atoms with Crippen molar-refractivity contribution in [2.75, 3.05) is 13.2 Å². The molecule has 3 N–H and O–H groups in total. The second-order valence-corrected chi connectivity index (χ2v) is 9.61. The predicted molar refractivity (Wildman–Crippen MR) is 143 cm³/mol. The highest BCUT2D eigenvalue weighted by atomic mass is 16.5. The van der Waals surface area contributed by atoms with Crippen LogP contribution in [0.3, 0.4) is 0 Å². The first-order chi connectivity index (χ1) is 17.7. The van der Waals surface area contributed by atoms with Gasteiger partial charge in [0.25, 0.3) is 0 Å². The number of aromatic carboxylic acids is 1. The fraction of sp³-hybridized carbons (Fsp3) is 0.233. The fourth-order valence-corrected chi connectivity index (χ4v) is 4.08. The number of β-amino-alcohol motifs (C(OH)–C–C–N with tert-alkyl or cyclic N) is 1. The van der Waals surface area contributed by atoms with Gasteiger partial charge in [-0.25, -0.2) is 4.79 Å². The molecule has 1 atom stereocenters. The molecule has 7 nitrogen and oxygen atoms in total. The maximum absolute atomic E-state index is 11.1. The van der Waals surface area contributed by atoms with Crippen LogP contribution in [0.15, 0.2) is 78.9 Å². The van der Waals surface area contributed by atoms with E-state index in [1.807, 2.05) is 30.3 Å². The Morgan fingerprint density at radius 2 is 1.78 bits per heavy atom. The van der Waals surface area contributed by atoms with E-state index in [-0.39, 0.29) is 17.7 Å². The summed E-state index contributed by atoms with van der Waals surface area (Å²) in [5.41, 5.74) is 3.74. The highest BCUT2D eigenvalue weighted by molar-refractivity contribution is 5.88. The minimum Gasteiger partial charge on any atom is -0.489 e. The Hall–Kier alpha value is -4.25. The summed E-state index contributed by atoms with van der Waals surface area (Å²) in [7, 11) is 0. The van der Waals surface area contributed by atoms with Crippen LogP contribution in [0.2, 0.25) is 0 Å². The zero-order valence-corrected chi connectivity index (χ0v) is 20.8. The average molecular weight is 496 g/mol. The summed E-state index contributed by atoms with van der Waals surface area (Å²) >= 11 is 0. The van der Waals surface area contributed by atoms with Crippen LogP contribution in [0.1, 0.15) is 35.5 Å². The van der Waals surface area contributed by atoms with Crippen LogP contribution in [0, 0.1) is 11.3 Å². The molecule has 37 heavy (non-hydrogen) atoms. The maximum atomic E-state index is 11.1. The summed E-state index contributed by atoms with van der Waals surface area (Å²) in [4.78, 5) is 15.8. The van der Waals surface area contributed by atoms with Crippen LogP contribution in [0.5, 0.6) is 5.75 Å². The molecule has 7 heteroatoms. The van der Waals surface area contributed by atoms with Gasteiger partial charge in [-0.05, 0) is 61.4 Å². The lowest BCUT2D eigenvalue weighted by Gasteiger charge is -2.27. The van der Waals surface area contributed by atoms with E-state index in [9.17, 15) is 15.2 Å². The number of nitriles is 1. The number of carboxylic acids is 1. The summed E-state index contributed by atoms with van der Waals surface area (Å²) in [6.07, 6.45) is -0.110. The Labute approximate surface area is 216 Å². The maximum Gasteiger partial charge on any atom is 0.335 e. The number of pyridine rings is 1. The molecule has 0 saturated carbocycles. The SMILES string of the molecule is CC(C)(Cc1ccc2ccccc2n1)NC[C@H](O)COc1cc(-c2ccc(C(=O)O)cc2)ccc1C#N. The van der Waals surface area contributed by atoms with Gasteiger partial charge < -0.3 is 20.3 Å². The van der Waals surface area contributed by atoms with E-state index in [1.54, 1.807) is 30.3 Å². The van der Waals surface area contributed by atoms with E-state index >= 15 is 0 Å². The quantitative estimate of drug-likeness (QED) is 0.289. The van der Waals surface area contributed by atoms with Crippen molar-refractivity contribution in [1.29, 1.82) is 5.26 Å². The summed E-state index contributed by atoms with van der Waals surface area (Å²) in [5, 5.41) is 33.6. The number of para-hydroxylation sites is 1. The number of benzene rings is 3. The van der Waals surface area contributed by atoms with E-state index in [4.69, 9.17) is 14.8 Å². The molecule has 4 aromatic rings. The highest BCUT2D eigenvalue weighted by Gasteiger charge is 2.21. The molecule has 0 saturated heterocycles. The molecule has 0 aliphatic carbocycles. The highest BCUT2D eigenvalue weighted by Crippen LogP contribution is 2.27. The largest absolute Gasteiger partial charge is 0.489 e. The first-order valence-electron chi connectivity index (χ1n) is 12.0. The van der Waals surface area contributed by atoms with Gasteiger partial charge in [0.1, 0.15) is 24.5 Å².